The number of ether oxygens (including phenoxy) is 2. The van der Waals surface area contributed by atoms with Gasteiger partial charge in [0.15, 0.2) is 11.5 Å². The molecule has 3 aromatic rings. The topological polar surface area (TPSA) is 115 Å². The largest absolute Gasteiger partial charge is 0.495 e. The van der Waals surface area contributed by atoms with Crippen LogP contribution in [0.2, 0.25) is 15.1 Å². The Balaban J connectivity index is 1.84. The molecule has 0 bridgehead atoms. The third-order valence-electron chi connectivity index (χ3n) is 4.86. The number of carbonyl (C=O) groups is 2. The number of hydrazone groups is 1. The fourth-order valence-corrected chi connectivity index (χ4v) is 3.67. The molecule has 0 aliphatic carbocycles. The number of hydrogen-bond donors (Lipinski definition) is 3. The predicted molar refractivity (Wildman–Crippen MR) is 141 cm³/mol. The van der Waals surface area contributed by atoms with E-state index in [1.165, 1.54) is 33.3 Å². The second kappa shape index (κ2) is 11.3. The molecule has 35 heavy (non-hydrogen) atoms. The first-order valence-electron chi connectivity index (χ1n) is 10.1. The molecule has 3 rings (SSSR count). The molecule has 182 valence electrons. The third kappa shape index (κ3) is 6.16. The number of rotatable bonds is 8. The van der Waals surface area contributed by atoms with Gasteiger partial charge in [-0.3, -0.25) is 15.0 Å². The predicted octanol–water partition coefficient (Wildman–Crippen LogP) is 5.91. The molecule has 4 N–H and O–H groups in total. The van der Waals surface area contributed by atoms with E-state index in [0.717, 1.165) is 11.1 Å². The molecule has 0 aliphatic heterocycles. The number of methoxy groups -OCH3 is 2. The van der Waals surface area contributed by atoms with Gasteiger partial charge in [0, 0.05) is 19.1 Å². The summed E-state index contributed by atoms with van der Waals surface area (Å²) in [4.78, 5) is 25.0. The van der Waals surface area contributed by atoms with Crippen molar-refractivity contribution in [3.63, 3.8) is 0 Å². The van der Waals surface area contributed by atoms with Gasteiger partial charge in [-0.05, 0) is 35.4 Å². The summed E-state index contributed by atoms with van der Waals surface area (Å²) >= 11 is 18.6. The summed E-state index contributed by atoms with van der Waals surface area (Å²) in [5.41, 5.74) is 10.8. The monoisotopic (exact) mass is 534 g/mol. The van der Waals surface area contributed by atoms with Crippen LogP contribution in [0.5, 0.6) is 11.5 Å². The van der Waals surface area contributed by atoms with Crippen LogP contribution in [-0.4, -0.2) is 31.6 Å². The van der Waals surface area contributed by atoms with Gasteiger partial charge in [0.1, 0.15) is 11.5 Å². The Labute approximate surface area is 217 Å². The maximum Gasteiger partial charge on any atom is 0.279 e. The van der Waals surface area contributed by atoms with E-state index < -0.39 is 11.7 Å². The molecular formula is C24H21Cl3N4O4. The number of nitrogens with two attached hydrogens (primary N) is 1. The number of nitrogens with one attached hydrogen (secondary N) is 2. The van der Waals surface area contributed by atoms with Crippen molar-refractivity contribution < 1.29 is 19.1 Å². The minimum absolute atomic E-state index is 0.247. The summed E-state index contributed by atoms with van der Waals surface area (Å²) in [6.45, 7) is 1.22. The van der Waals surface area contributed by atoms with Crippen LogP contribution in [0.4, 0.5) is 17.1 Å². The molecule has 0 saturated carbocycles. The van der Waals surface area contributed by atoms with Gasteiger partial charge in [0.05, 0.1) is 46.3 Å². The van der Waals surface area contributed by atoms with Crippen LogP contribution in [0.3, 0.4) is 0 Å². The molecule has 8 nitrogen and oxygen atoms in total. The fraction of sp³-hybridized carbons (Fsp3) is 0.125. The fourth-order valence-electron chi connectivity index (χ4n) is 3.04. The number of ketones is 1. The summed E-state index contributed by atoms with van der Waals surface area (Å²) in [5, 5.41) is 7.60. The normalized spacial score (nSPS) is 11.1. The smallest absolute Gasteiger partial charge is 0.279 e. The standard InChI is InChI=1S/C24H21Cl3N4O4/c1-12(32)23(24(33)29-20-11-21(34-2)17(27)10-22(20)35-3)31-30-19-7-5-14(9-16(19)26)13-4-6-18(28)15(25)8-13/h4-11,30H,28H2,1-3H3,(H,29,33)/b31-23-. The first kappa shape index (κ1) is 26.2. The number of Topliss-reactive ketones (excluding diaryl/α,β-unsaturated/α-hetero) is 1. The van der Waals surface area contributed by atoms with Crippen LogP contribution in [0.1, 0.15) is 6.92 Å². The summed E-state index contributed by atoms with van der Waals surface area (Å²) in [6, 6.07) is 13.3. The molecular weight excluding hydrogens is 515 g/mol. The third-order valence-corrected chi connectivity index (χ3v) is 5.80. The lowest BCUT2D eigenvalue weighted by Gasteiger charge is -2.13. The van der Waals surface area contributed by atoms with E-state index in [1.54, 1.807) is 30.3 Å². The Morgan fingerprint density at radius 1 is 0.829 bits per heavy atom. The van der Waals surface area contributed by atoms with E-state index in [1.807, 2.05) is 6.07 Å². The Bertz CT molecular complexity index is 1330. The van der Waals surface area contributed by atoms with E-state index in [2.05, 4.69) is 15.8 Å². The van der Waals surface area contributed by atoms with Gasteiger partial charge in [-0.1, -0.05) is 46.9 Å². The lowest BCUT2D eigenvalue weighted by atomic mass is 10.1. The van der Waals surface area contributed by atoms with E-state index in [-0.39, 0.29) is 17.1 Å². The van der Waals surface area contributed by atoms with Crippen molar-refractivity contribution in [2.45, 2.75) is 6.92 Å². The number of nitrogens with zero attached hydrogens (tertiary/aromatic N) is 1. The molecule has 0 saturated heterocycles. The summed E-state index contributed by atoms with van der Waals surface area (Å²) in [6.07, 6.45) is 0. The maximum absolute atomic E-state index is 12.8. The number of halogens is 3. The lowest BCUT2D eigenvalue weighted by molar-refractivity contribution is -0.114. The number of hydrogen-bond acceptors (Lipinski definition) is 7. The molecule has 0 heterocycles. The van der Waals surface area contributed by atoms with Crippen molar-refractivity contribution in [1.82, 2.24) is 0 Å². The molecule has 0 spiro atoms. The molecule has 0 unspecified atom stereocenters. The van der Waals surface area contributed by atoms with Crippen molar-refractivity contribution in [2.24, 2.45) is 5.10 Å². The number of nitrogen functional groups attached to an aromatic ring is 1. The molecule has 11 heteroatoms. The van der Waals surface area contributed by atoms with Crippen LogP contribution < -0.4 is 25.9 Å². The van der Waals surface area contributed by atoms with Crippen LogP contribution in [0.15, 0.2) is 53.6 Å². The highest BCUT2D eigenvalue weighted by Crippen LogP contribution is 2.36. The maximum atomic E-state index is 12.8. The quantitative estimate of drug-likeness (QED) is 0.143. The zero-order valence-electron chi connectivity index (χ0n) is 18.9. The minimum Gasteiger partial charge on any atom is -0.495 e. The molecule has 0 radical (unpaired) electrons. The van der Waals surface area contributed by atoms with Gasteiger partial charge < -0.3 is 20.5 Å². The second-order valence-electron chi connectivity index (χ2n) is 7.20. The molecule has 0 aromatic heterocycles. The van der Waals surface area contributed by atoms with Crippen molar-refractivity contribution in [2.75, 3.05) is 30.7 Å². The van der Waals surface area contributed by atoms with Crippen molar-refractivity contribution in [1.29, 1.82) is 0 Å². The number of anilines is 3. The van der Waals surface area contributed by atoms with E-state index in [0.29, 0.717) is 32.2 Å². The van der Waals surface area contributed by atoms with Crippen molar-refractivity contribution in [3.8, 4) is 22.6 Å². The minimum atomic E-state index is -0.767. The first-order chi connectivity index (χ1) is 16.6. The van der Waals surface area contributed by atoms with Gasteiger partial charge in [0.2, 0.25) is 0 Å². The molecule has 0 aliphatic rings. The Kier molecular flexibility index (Phi) is 8.45. The Hall–Kier alpha value is -3.46. The summed E-state index contributed by atoms with van der Waals surface area (Å²) in [7, 11) is 2.85. The van der Waals surface area contributed by atoms with Crippen molar-refractivity contribution in [3.05, 3.63) is 63.6 Å². The van der Waals surface area contributed by atoms with Crippen LogP contribution >= 0.6 is 34.8 Å². The van der Waals surface area contributed by atoms with Crippen molar-refractivity contribution >= 4 is 69.3 Å². The molecule has 1 amide bonds. The molecule has 3 aromatic carbocycles. The zero-order valence-corrected chi connectivity index (χ0v) is 21.2. The summed E-state index contributed by atoms with van der Waals surface area (Å²) < 4.78 is 10.4. The van der Waals surface area contributed by atoms with E-state index in [9.17, 15) is 9.59 Å². The molecule has 0 fully saturated rings. The van der Waals surface area contributed by atoms with Gasteiger partial charge in [-0.15, -0.1) is 0 Å². The average molecular weight is 536 g/mol. The average Bonchev–Trinajstić information content (AvgIpc) is 2.82. The van der Waals surface area contributed by atoms with Gasteiger partial charge in [-0.25, -0.2) is 0 Å². The Morgan fingerprint density at radius 2 is 1.46 bits per heavy atom. The van der Waals surface area contributed by atoms with E-state index >= 15 is 0 Å². The molecule has 0 atom stereocenters. The highest BCUT2D eigenvalue weighted by Gasteiger charge is 2.20. The van der Waals surface area contributed by atoms with E-state index in [4.69, 9.17) is 50.0 Å². The highest BCUT2D eigenvalue weighted by atomic mass is 35.5. The first-order valence-corrected chi connectivity index (χ1v) is 11.2. The second-order valence-corrected chi connectivity index (χ2v) is 8.42. The SMILES string of the molecule is COc1cc(NC(=O)/C(=N\Nc2ccc(-c3ccc(N)c(Cl)c3)cc2Cl)C(C)=O)c(OC)cc1Cl. The Morgan fingerprint density at radius 3 is 2.03 bits per heavy atom. The van der Waals surface area contributed by atoms with Gasteiger partial charge in [0.25, 0.3) is 5.91 Å². The highest BCUT2D eigenvalue weighted by molar-refractivity contribution is 6.67. The lowest BCUT2D eigenvalue weighted by Crippen LogP contribution is -2.29. The van der Waals surface area contributed by atoms with Crippen LogP contribution in [0, 0.1) is 0 Å². The summed E-state index contributed by atoms with van der Waals surface area (Å²) in [5.74, 6) is -0.742. The number of benzene rings is 3. The van der Waals surface area contributed by atoms with Gasteiger partial charge >= 0.3 is 0 Å². The number of carbonyl (C=O) groups excluding carboxylic acids is 2. The zero-order chi connectivity index (χ0) is 25.7. The van der Waals surface area contributed by atoms with Crippen LogP contribution in [0.25, 0.3) is 11.1 Å². The van der Waals surface area contributed by atoms with Crippen LogP contribution in [-0.2, 0) is 9.59 Å². The van der Waals surface area contributed by atoms with Gasteiger partial charge in [-0.2, -0.15) is 5.10 Å². The number of amides is 1.